The Morgan fingerprint density at radius 3 is 2.79 bits per heavy atom. The number of aryl methyl sites for hydroxylation is 1. The summed E-state index contributed by atoms with van der Waals surface area (Å²) in [5, 5.41) is 3.86. The lowest BCUT2D eigenvalue weighted by atomic mass is 10.2. The van der Waals surface area contributed by atoms with Crippen LogP contribution in [0.1, 0.15) is 34.8 Å². The summed E-state index contributed by atoms with van der Waals surface area (Å²) in [6, 6.07) is 3.64. The molecular formula is C17H20N4O2S. The highest BCUT2D eigenvalue weighted by Gasteiger charge is 2.21. The van der Waals surface area contributed by atoms with E-state index in [0.717, 1.165) is 40.4 Å². The van der Waals surface area contributed by atoms with E-state index < -0.39 is 0 Å². The average Bonchev–Trinajstić information content (AvgIpc) is 3.22. The number of fused-ring (bicyclic) bond motifs is 1. The Labute approximate surface area is 144 Å². The van der Waals surface area contributed by atoms with E-state index in [-0.39, 0.29) is 5.91 Å². The minimum absolute atomic E-state index is 0.114. The highest BCUT2D eigenvalue weighted by molar-refractivity contribution is 7.20. The molecule has 3 rings (SSSR count). The van der Waals surface area contributed by atoms with Gasteiger partial charge in [-0.3, -0.25) is 4.79 Å². The number of nitrogens with one attached hydrogen (secondary N) is 1. The Morgan fingerprint density at radius 1 is 1.33 bits per heavy atom. The first kappa shape index (κ1) is 16.4. The highest BCUT2D eigenvalue weighted by atomic mass is 32.1. The molecule has 0 aromatic carbocycles. The van der Waals surface area contributed by atoms with Crippen molar-refractivity contribution in [3.05, 3.63) is 40.9 Å². The summed E-state index contributed by atoms with van der Waals surface area (Å²) in [7, 11) is 0. The molecule has 1 amide bonds. The number of rotatable bonds is 6. The van der Waals surface area contributed by atoms with Crippen LogP contribution in [-0.4, -0.2) is 29.0 Å². The lowest BCUT2D eigenvalue weighted by molar-refractivity contribution is 0.0951. The Morgan fingerprint density at radius 2 is 2.12 bits per heavy atom. The number of carbonyl (C=O) groups is 1. The Kier molecular flexibility index (Phi) is 4.80. The molecule has 0 bridgehead atoms. The number of amides is 1. The zero-order chi connectivity index (χ0) is 17.1. The zero-order valence-corrected chi connectivity index (χ0v) is 14.8. The smallest absolute Gasteiger partial charge is 0.262 e. The van der Waals surface area contributed by atoms with Crippen molar-refractivity contribution in [3.63, 3.8) is 0 Å². The van der Waals surface area contributed by atoms with Crippen molar-refractivity contribution < 1.29 is 9.21 Å². The standard InChI is InChI=1S/C17H20N4O2S/c1-4-21(5-2)15-13-11(3)14(24-17(13)20-10-19-15)16(22)18-9-12-7-6-8-23-12/h6-8,10H,4-5,9H2,1-3H3,(H,18,22). The summed E-state index contributed by atoms with van der Waals surface area (Å²) in [5.41, 5.74) is 0.925. The van der Waals surface area contributed by atoms with E-state index in [4.69, 9.17) is 4.42 Å². The molecule has 3 aromatic rings. The Balaban J connectivity index is 1.93. The normalized spacial score (nSPS) is 11.0. The third-order valence-electron chi connectivity index (χ3n) is 3.98. The van der Waals surface area contributed by atoms with Crippen LogP contribution in [0.5, 0.6) is 0 Å². The van der Waals surface area contributed by atoms with Crippen LogP contribution in [-0.2, 0) is 6.54 Å². The zero-order valence-electron chi connectivity index (χ0n) is 14.0. The minimum Gasteiger partial charge on any atom is -0.467 e. The molecule has 7 heteroatoms. The molecule has 3 aromatic heterocycles. The number of furan rings is 1. The van der Waals surface area contributed by atoms with Crippen LogP contribution < -0.4 is 10.2 Å². The molecule has 126 valence electrons. The summed E-state index contributed by atoms with van der Waals surface area (Å²) in [4.78, 5) is 25.0. The lowest BCUT2D eigenvalue weighted by Crippen LogP contribution is -2.23. The van der Waals surface area contributed by atoms with Gasteiger partial charge < -0.3 is 14.6 Å². The lowest BCUT2D eigenvalue weighted by Gasteiger charge is -2.20. The molecule has 0 saturated carbocycles. The van der Waals surface area contributed by atoms with Gasteiger partial charge in [-0.05, 0) is 38.5 Å². The van der Waals surface area contributed by atoms with Gasteiger partial charge in [-0.25, -0.2) is 9.97 Å². The number of aromatic nitrogens is 2. The molecule has 0 aliphatic rings. The second-order valence-electron chi connectivity index (χ2n) is 5.37. The first-order valence-electron chi connectivity index (χ1n) is 7.95. The molecule has 0 radical (unpaired) electrons. The van der Waals surface area contributed by atoms with Crippen LogP contribution in [0, 0.1) is 6.92 Å². The van der Waals surface area contributed by atoms with Crippen LogP contribution in [0.2, 0.25) is 0 Å². The van der Waals surface area contributed by atoms with E-state index in [1.165, 1.54) is 11.3 Å². The molecule has 24 heavy (non-hydrogen) atoms. The second kappa shape index (κ2) is 7.00. The number of thiophene rings is 1. The minimum atomic E-state index is -0.114. The third-order valence-corrected chi connectivity index (χ3v) is 5.18. The Bertz CT molecular complexity index is 838. The SMILES string of the molecule is CCN(CC)c1ncnc2sc(C(=O)NCc3ccco3)c(C)c12. The molecule has 3 heterocycles. The molecule has 1 N–H and O–H groups in total. The molecule has 0 spiro atoms. The van der Waals surface area contributed by atoms with E-state index >= 15 is 0 Å². The van der Waals surface area contributed by atoms with Gasteiger partial charge in [0.05, 0.1) is 23.1 Å². The summed E-state index contributed by atoms with van der Waals surface area (Å²) >= 11 is 1.40. The molecule has 0 aliphatic heterocycles. The van der Waals surface area contributed by atoms with Crippen LogP contribution >= 0.6 is 11.3 Å². The van der Waals surface area contributed by atoms with Crippen LogP contribution in [0.4, 0.5) is 5.82 Å². The van der Waals surface area contributed by atoms with Gasteiger partial charge in [-0.2, -0.15) is 0 Å². The third kappa shape index (κ3) is 2.99. The number of anilines is 1. The van der Waals surface area contributed by atoms with Crippen LogP contribution in [0.25, 0.3) is 10.2 Å². The molecule has 0 fully saturated rings. The molecule has 0 unspecified atom stereocenters. The van der Waals surface area contributed by atoms with Crippen molar-refractivity contribution in [2.24, 2.45) is 0 Å². The fourth-order valence-electron chi connectivity index (χ4n) is 2.69. The van der Waals surface area contributed by atoms with Crippen molar-refractivity contribution in [3.8, 4) is 0 Å². The Hall–Kier alpha value is -2.41. The summed E-state index contributed by atoms with van der Waals surface area (Å²) < 4.78 is 5.25. The van der Waals surface area contributed by atoms with E-state index in [0.29, 0.717) is 11.4 Å². The van der Waals surface area contributed by atoms with Crippen LogP contribution in [0.3, 0.4) is 0 Å². The molecule has 6 nitrogen and oxygen atoms in total. The number of nitrogens with zero attached hydrogens (tertiary/aromatic N) is 3. The number of carbonyl (C=O) groups excluding carboxylic acids is 1. The molecule has 0 saturated heterocycles. The van der Waals surface area contributed by atoms with E-state index in [2.05, 4.69) is 34.0 Å². The predicted octanol–water partition coefficient (Wildman–Crippen LogP) is 3.37. The molecule has 0 aliphatic carbocycles. The topological polar surface area (TPSA) is 71.3 Å². The van der Waals surface area contributed by atoms with Gasteiger partial charge in [0.15, 0.2) is 0 Å². The second-order valence-corrected chi connectivity index (χ2v) is 6.37. The fourth-order valence-corrected chi connectivity index (χ4v) is 3.75. The van der Waals surface area contributed by atoms with E-state index in [1.807, 2.05) is 13.0 Å². The maximum atomic E-state index is 12.5. The maximum Gasteiger partial charge on any atom is 0.262 e. The highest BCUT2D eigenvalue weighted by Crippen LogP contribution is 2.34. The van der Waals surface area contributed by atoms with Gasteiger partial charge in [0, 0.05) is 13.1 Å². The van der Waals surface area contributed by atoms with Crippen LogP contribution in [0.15, 0.2) is 29.1 Å². The largest absolute Gasteiger partial charge is 0.467 e. The fraction of sp³-hybridized carbons (Fsp3) is 0.353. The summed E-state index contributed by atoms with van der Waals surface area (Å²) in [6.07, 6.45) is 3.16. The van der Waals surface area contributed by atoms with Gasteiger partial charge in [0.1, 0.15) is 22.7 Å². The van der Waals surface area contributed by atoms with Crippen molar-refractivity contribution in [1.82, 2.24) is 15.3 Å². The van der Waals surface area contributed by atoms with Gasteiger partial charge in [0.2, 0.25) is 0 Å². The first-order chi connectivity index (χ1) is 11.7. The average molecular weight is 344 g/mol. The van der Waals surface area contributed by atoms with E-state index in [1.54, 1.807) is 18.7 Å². The summed E-state index contributed by atoms with van der Waals surface area (Å²) in [5.74, 6) is 1.51. The molecule has 0 atom stereocenters. The van der Waals surface area contributed by atoms with E-state index in [9.17, 15) is 4.79 Å². The van der Waals surface area contributed by atoms with Crippen molar-refractivity contribution >= 4 is 33.3 Å². The van der Waals surface area contributed by atoms with Gasteiger partial charge in [-0.1, -0.05) is 0 Å². The predicted molar refractivity (Wildman–Crippen MR) is 95.6 cm³/mol. The van der Waals surface area contributed by atoms with Gasteiger partial charge in [0.25, 0.3) is 5.91 Å². The quantitative estimate of drug-likeness (QED) is 0.742. The van der Waals surface area contributed by atoms with Crippen molar-refractivity contribution in [2.45, 2.75) is 27.3 Å². The first-order valence-corrected chi connectivity index (χ1v) is 8.77. The molecular weight excluding hydrogens is 324 g/mol. The monoisotopic (exact) mass is 344 g/mol. The van der Waals surface area contributed by atoms with Crippen molar-refractivity contribution in [1.29, 1.82) is 0 Å². The van der Waals surface area contributed by atoms with Crippen molar-refractivity contribution in [2.75, 3.05) is 18.0 Å². The summed E-state index contributed by atoms with van der Waals surface area (Å²) in [6.45, 7) is 8.23. The number of hydrogen-bond donors (Lipinski definition) is 1. The number of hydrogen-bond acceptors (Lipinski definition) is 6. The van der Waals surface area contributed by atoms with Gasteiger partial charge >= 0.3 is 0 Å². The maximum absolute atomic E-state index is 12.5. The van der Waals surface area contributed by atoms with Gasteiger partial charge in [-0.15, -0.1) is 11.3 Å².